The minimum atomic E-state index is -0.817. The monoisotopic (exact) mass is 635 g/mol. The van der Waals surface area contributed by atoms with Crippen LogP contribution in [0.3, 0.4) is 0 Å². The van der Waals surface area contributed by atoms with Crippen molar-refractivity contribution in [1.29, 1.82) is 0 Å². The maximum absolute atomic E-state index is 11.9. The first-order valence-corrected chi connectivity index (χ1v) is 13.1. The first-order valence-electron chi connectivity index (χ1n) is 11.0. The Labute approximate surface area is 230 Å². The molecule has 0 aliphatic heterocycles. The van der Waals surface area contributed by atoms with Gasteiger partial charge in [0.1, 0.15) is 34.6 Å². The third-order valence-corrected chi connectivity index (χ3v) is 7.03. The van der Waals surface area contributed by atoms with Crippen LogP contribution in [-0.2, 0) is 28.7 Å². The van der Waals surface area contributed by atoms with Crippen molar-refractivity contribution in [3.63, 3.8) is 0 Å². The topological polar surface area (TPSA) is 86.7 Å². The number of carbonyl (C=O) groups excluding carboxylic acids is 4. The Hall–Kier alpha value is -0.470. The average molecular weight is 638 g/mol. The molecule has 3 unspecified atom stereocenters. The summed E-state index contributed by atoms with van der Waals surface area (Å²) < 4.78 is 10.2. The molecule has 6 nitrogen and oxygen atoms in total. The molecule has 0 aromatic carbocycles. The third-order valence-electron chi connectivity index (χ3n) is 4.41. The first-order chi connectivity index (χ1) is 14.4. The lowest BCUT2D eigenvalue weighted by Gasteiger charge is -2.23. The molecule has 1 aliphatic carbocycles. The predicted molar refractivity (Wildman–Crippen MR) is 142 cm³/mol. The van der Waals surface area contributed by atoms with Crippen LogP contribution in [0, 0.1) is 11.3 Å². The van der Waals surface area contributed by atoms with Gasteiger partial charge in [0.2, 0.25) is 0 Å². The van der Waals surface area contributed by atoms with E-state index in [2.05, 4.69) is 38.8 Å². The second-order valence-electron chi connectivity index (χ2n) is 9.96. The Balaban J connectivity index is -0.000000210. The number of ether oxygens (including phenoxy) is 2. The number of halogens is 3. The van der Waals surface area contributed by atoms with Gasteiger partial charge in [-0.3, -0.25) is 19.2 Å². The summed E-state index contributed by atoms with van der Waals surface area (Å²) in [6, 6.07) is 0. The van der Waals surface area contributed by atoms with E-state index in [1.807, 2.05) is 27.7 Å². The molecule has 0 bridgehead atoms. The van der Waals surface area contributed by atoms with E-state index in [0.717, 1.165) is 11.8 Å². The Morgan fingerprint density at radius 2 is 1.41 bits per heavy atom. The highest BCUT2D eigenvalue weighted by Gasteiger charge is 2.64. The second kappa shape index (κ2) is 17.9. The number of esters is 2. The largest absolute Gasteiger partial charge is 1.00 e. The van der Waals surface area contributed by atoms with Crippen molar-refractivity contribution in [3.05, 3.63) is 0 Å². The van der Waals surface area contributed by atoms with Crippen LogP contribution in [0.4, 0.5) is 0 Å². The smallest absolute Gasteiger partial charge is 0.320 e. The van der Waals surface area contributed by atoms with E-state index in [0.29, 0.717) is 11.2 Å². The standard InChI is InChI=1S/C12H20O3.C8H14O3.C4H8Br2.CH4.ClH/c1-6-9-7-12(9,8(2)13)10(14)15-11(3,4)5;1-6(9)5-7(10)11-8(2,3)4;1-2-4(6)3-5;;/h9H,6-7H2,1-5H3;5H2,1-4H3;4H,2-3H2,1H3;1H4;1H/p-1. The van der Waals surface area contributed by atoms with Crippen molar-refractivity contribution in [1.82, 2.24) is 0 Å². The Kier molecular flexibility index (Phi) is 21.4. The van der Waals surface area contributed by atoms with Gasteiger partial charge in [-0.1, -0.05) is 59.6 Å². The van der Waals surface area contributed by atoms with Crippen molar-refractivity contribution in [3.8, 4) is 0 Å². The van der Waals surface area contributed by atoms with Crippen molar-refractivity contribution >= 4 is 55.4 Å². The molecule has 0 amide bonds. The summed E-state index contributed by atoms with van der Waals surface area (Å²) in [6.07, 6.45) is 2.59. The Bertz CT molecular complexity index is 636. The van der Waals surface area contributed by atoms with Gasteiger partial charge < -0.3 is 21.9 Å². The molecule has 1 saturated carbocycles. The number of alkyl halides is 2. The fourth-order valence-electron chi connectivity index (χ4n) is 2.71. The quantitative estimate of drug-likeness (QED) is 0.240. The van der Waals surface area contributed by atoms with Gasteiger partial charge in [-0.2, -0.15) is 0 Å². The molecule has 1 fully saturated rings. The molecule has 0 N–H and O–H groups in total. The number of hydrogen-bond acceptors (Lipinski definition) is 6. The molecule has 3 atom stereocenters. The van der Waals surface area contributed by atoms with E-state index in [1.54, 1.807) is 20.8 Å². The molecule has 1 rings (SSSR count). The third kappa shape index (κ3) is 17.9. The van der Waals surface area contributed by atoms with Gasteiger partial charge in [-0.25, -0.2) is 0 Å². The van der Waals surface area contributed by atoms with Gasteiger partial charge in [0.15, 0.2) is 0 Å². The van der Waals surface area contributed by atoms with Crippen LogP contribution in [0.1, 0.15) is 102 Å². The molecule has 9 heteroatoms. The number of ketones is 2. The maximum Gasteiger partial charge on any atom is 0.320 e. The highest BCUT2D eigenvalue weighted by Crippen LogP contribution is 2.56. The first kappa shape index (κ1) is 40.7. The van der Waals surface area contributed by atoms with Crippen molar-refractivity contribution in [2.45, 2.75) is 118 Å². The van der Waals surface area contributed by atoms with E-state index in [-0.39, 0.29) is 49.7 Å². The zero-order valence-corrected chi connectivity index (χ0v) is 25.7. The number of carbonyl (C=O) groups is 4. The lowest BCUT2D eigenvalue weighted by Crippen LogP contribution is -3.00. The lowest BCUT2D eigenvalue weighted by atomic mass is 9.97. The highest BCUT2D eigenvalue weighted by molar-refractivity contribution is 9.12. The fourth-order valence-corrected chi connectivity index (χ4v) is 3.16. The SMILES string of the molecule is C.CC(=O)CC(=O)OC(C)(C)C.CCC(Br)CBr.CCC1CC1(C(C)=O)C(=O)OC(C)(C)C.[Cl-]. The van der Waals surface area contributed by atoms with Gasteiger partial charge >= 0.3 is 11.9 Å². The zero-order valence-electron chi connectivity index (χ0n) is 21.8. The molecule has 0 saturated heterocycles. The van der Waals surface area contributed by atoms with Gasteiger partial charge in [-0.15, -0.1) is 0 Å². The van der Waals surface area contributed by atoms with Crippen LogP contribution in [0.5, 0.6) is 0 Å². The van der Waals surface area contributed by atoms with E-state index in [9.17, 15) is 19.2 Å². The summed E-state index contributed by atoms with van der Waals surface area (Å²) in [6.45, 7) is 17.8. The van der Waals surface area contributed by atoms with Crippen LogP contribution in [-0.4, -0.2) is 44.9 Å². The van der Waals surface area contributed by atoms with E-state index in [1.165, 1.54) is 20.3 Å². The second-order valence-corrected chi connectivity index (χ2v) is 11.9. The van der Waals surface area contributed by atoms with Gasteiger partial charge in [0.05, 0.1) is 0 Å². The van der Waals surface area contributed by atoms with Crippen molar-refractivity contribution < 1.29 is 41.1 Å². The Morgan fingerprint density at radius 3 is 1.62 bits per heavy atom. The molecular weight excluding hydrogens is 592 g/mol. The van der Waals surface area contributed by atoms with Crippen LogP contribution in [0.2, 0.25) is 0 Å². The molecular formula is C25H46Br2ClO6-. The number of rotatable bonds is 7. The minimum Gasteiger partial charge on any atom is -1.00 e. The zero-order chi connectivity index (χ0) is 25.9. The molecule has 0 aromatic heterocycles. The molecule has 0 radical (unpaired) electrons. The number of hydrogen-bond donors (Lipinski definition) is 0. The van der Waals surface area contributed by atoms with Crippen LogP contribution in [0.15, 0.2) is 0 Å². The minimum absolute atomic E-state index is 0. The van der Waals surface area contributed by atoms with Gasteiger partial charge in [-0.05, 0) is 74.1 Å². The maximum atomic E-state index is 11.9. The van der Waals surface area contributed by atoms with Gasteiger partial charge in [0.25, 0.3) is 0 Å². The lowest BCUT2D eigenvalue weighted by molar-refractivity contribution is -0.164. The molecule has 1 aliphatic rings. The van der Waals surface area contributed by atoms with Crippen LogP contribution >= 0.6 is 31.9 Å². The molecule has 204 valence electrons. The van der Waals surface area contributed by atoms with E-state index < -0.39 is 22.6 Å². The summed E-state index contributed by atoms with van der Waals surface area (Å²) in [5.74, 6) is -0.827. The molecule has 0 spiro atoms. The highest BCUT2D eigenvalue weighted by atomic mass is 79.9. The molecule has 0 heterocycles. The van der Waals surface area contributed by atoms with Crippen molar-refractivity contribution in [2.24, 2.45) is 11.3 Å². The summed E-state index contributed by atoms with van der Waals surface area (Å²) in [4.78, 5) is 45.4. The van der Waals surface area contributed by atoms with Gasteiger partial charge in [0, 0.05) is 10.2 Å². The predicted octanol–water partition coefficient (Wildman–Crippen LogP) is 3.84. The van der Waals surface area contributed by atoms with E-state index >= 15 is 0 Å². The summed E-state index contributed by atoms with van der Waals surface area (Å²) in [7, 11) is 0. The number of Topliss-reactive ketones (excluding diaryl/α,β-unsaturated/α-hetero) is 2. The van der Waals surface area contributed by atoms with Crippen LogP contribution in [0.25, 0.3) is 0 Å². The van der Waals surface area contributed by atoms with Crippen LogP contribution < -0.4 is 12.4 Å². The summed E-state index contributed by atoms with van der Waals surface area (Å²) in [5, 5.41) is 1.06. The molecule has 0 aromatic rings. The van der Waals surface area contributed by atoms with E-state index in [4.69, 9.17) is 9.47 Å². The Morgan fingerprint density at radius 1 is 0.971 bits per heavy atom. The van der Waals surface area contributed by atoms with Crippen molar-refractivity contribution in [2.75, 3.05) is 5.33 Å². The molecule has 34 heavy (non-hydrogen) atoms. The normalized spacial score (nSPS) is 19.2. The summed E-state index contributed by atoms with van der Waals surface area (Å²) in [5.41, 5.74) is -1.82. The average Bonchev–Trinajstić information content (AvgIpc) is 3.34. The summed E-state index contributed by atoms with van der Waals surface area (Å²) >= 11 is 6.76. The fraction of sp³-hybridized carbons (Fsp3) is 0.840.